The van der Waals surface area contributed by atoms with Gasteiger partial charge in [0.15, 0.2) is 12.4 Å². The monoisotopic (exact) mass is 441 g/mol. The van der Waals surface area contributed by atoms with E-state index in [0.717, 1.165) is 0 Å². The first-order valence-corrected chi connectivity index (χ1v) is 10.7. The Morgan fingerprint density at radius 2 is 1.58 bits per heavy atom. The highest BCUT2D eigenvalue weighted by molar-refractivity contribution is 7.89. The third-order valence-corrected chi connectivity index (χ3v) is 5.19. The lowest BCUT2D eigenvalue weighted by molar-refractivity contribution is -0.684. The van der Waals surface area contributed by atoms with E-state index in [1.165, 1.54) is 24.3 Å². The molecular weight excluding hydrogens is 420 g/mol. The van der Waals surface area contributed by atoms with Crippen molar-refractivity contribution in [2.45, 2.75) is 11.4 Å². The number of nitrogens with two attached hydrogens (primary N) is 1. The molecule has 4 N–H and O–H groups in total. The first-order chi connectivity index (χ1) is 14.7. The van der Waals surface area contributed by atoms with Gasteiger partial charge in [-0.25, -0.2) is 13.6 Å². The number of pyridine rings is 1. The van der Waals surface area contributed by atoms with Gasteiger partial charge < -0.3 is 15.4 Å². The van der Waals surface area contributed by atoms with Gasteiger partial charge in [0.05, 0.1) is 12.0 Å². The van der Waals surface area contributed by atoms with Gasteiger partial charge in [0.1, 0.15) is 11.3 Å². The summed E-state index contributed by atoms with van der Waals surface area (Å²) in [5.74, 6) is 0.0143. The number of rotatable bonds is 7. The van der Waals surface area contributed by atoms with Crippen LogP contribution in [0.5, 0.6) is 5.75 Å². The predicted molar refractivity (Wildman–Crippen MR) is 114 cm³/mol. The second kappa shape index (κ2) is 9.37. The molecule has 1 heterocycles. The summed E-state index contributed by atoms with van der Waals surface area (Å²) in [6.45, 7) is -0.0411. The Morgan fingerprint density at radius 3 is 2.19 bits per heavy atom. The van der Waals surface area contributed by atoms with E-state index < -0.39 is 10.0 Å². The van der Waals surface area contributed by atoms with Gasteiger partial charge in [-0.15, -0.1) is 0 Å². The number of nitrogens with zero attached hydrogens (tertiary/aromatic N) is 1. The first kappa shape index (κ1) is 21.9. The molecule has 2 amide bonds. The van der Waals surface area contributed by atoms with Crippen LogP contribution in [0.2, 0.25) is 0 Å². The Morgan fingerprint density at radius 1 is 0.968 bits per heavy atom. The summed E-state index contributed by atoms with van der Waals surface area (Å²) >= 11 is 0. The van der Waals surface area contributed by atoms with Gasteiger partial charge in [-0.1, -0.05) is 0 Å². The molecule has 1 aromatic heterocycles. The quantitative estimate of drug-likeness (QED) is 0.479. The van der Waals surface area contributed by atoms with Gasteiger partial charge in [-0.2, -0.15) is 4.57 Å². The molecule has 0 fully saturated rings. The number of hydrogen-bond acceptors (Lipinski definition) is 5. The average molecular weight is 441 g/mol. The van der Waals surface area contributed by atoms with E-state index in [1.807, 2.05) is 0 Å². The number of carbonyl (C=O) groups excluding carboxylic acids is 2. The average Bonchev–Trinajstić information content (AvgIpc) is 2.74. The van der Waals surface area contributed by atoms with Crippen molar-refractivity contribution in [3.8, 4) is 5.75 Å². The van der Waals surface area contributed by atoms with Crippen molar-refractivity contribution in [2.75, 3.05) is 17.7 Å². The fourth-order valence-corrected chi connectivity index (χ4v) is 3.24. The van der Waals surface area contributed by atoms with Crippen LogP contribution in [0.1, 0.15) is 10.4 Å². The van der Waals surface area contributed by atoms with Crippen molar-refractivity contribution in [3.05, 3.63) is 78.6 Å². The van der Waals surface area contributed by atoms with Gasteiger partial charge >= 0.3 is 0 Å². The van der Waals surface area contributed by atoms with Crippen LogP contribution in [0, 0.1) is 0 Å². The fraction of sp³-hybridized carbons (Fsp3) is 0.0952. The number of aromatic nitrogens is 1. The number of anilines is 2. The molecule has 0 radical (unpaired) electrons. The van der Waals surface area contributed by atoms with Crippen molar-refractivity contribution in [1.82, 2.24) is 0 Å². The van der Waals surface area contributed by atoms with Gasteiger partial charge in [-0.3, -0.25) is 9.59 Å². The normalized spacial score (nSPS) is 10.9. The Bertz CT molecular complexity index is 1190. The Balaban J connectivity index is 1.62. The topological polar surface area (TPSA) is 131 Å². The maximum atomic E-state index is 12.5. The second-order valence-electron chi connectivity index (χ2n) is 6.57. The third kappa shape index (κ3) is 6.11. The zero-order chi connectivity index (χ0) is 22.4. The molecule has 3 aromatic rings. The molecule has 0 atom stereocenters. The smallest absolute Gasteiger partial charge is 0.290 e. The van der Waals surface area contributed by atoms with Crippen molar-refractivity contribution >= 4 is 33.2 Å². The number of amides is 2. The minimum absolute atomic E-state index is 0.0411. The zero-order valence-electron chi connectivity index (χ0n) is 16.6. The summed E-state index contributed by atoms with van der Waals surface area (Å²) in [6, 6.07) is 15.7. The highest BCUT2D eigenvalue weighted by Gasteiger charge is 2.15. The maximum absolute atomic E-state index is 12.5. The second-order valence-corrected chi connectivity index (χ2v) is 8.13. The van der Waals surface area contributed by atoms with Gasteiger partial charge in [0.25, 0.3) is 11.8 Å². The third-order valence-electron chi connectivity index (χ3n) is 4.26. The van der Waals surface area contributed by atoms with Crippen LogP contribution >= 0.6 is 0 Å². The SMILES string of the molecule is COc1ccc(NC(=O)c2ccc[n+](CC(=O)Nc3ccc(S(N)(=O)=O)cc3)c2)cc1. The number of ether oxygens (including phenoxy) is 1. The molecule has 0 saturated heterocycles. The molecular formula is C21H21N4O5S+. The Hall–Kier alpha value is -3.76. The molecule has 0 bridgehead atoms. The molecule has 3 rings (SSSR count). The molecule has 0 aliphatic rings. The molecule has 10 heteroatoms. The van der Waals surface area contributed by atoms with Crippen LogP contribution in [0.4, 0.5) is 11.4 Å². The lowest BCUT2D eigenvalue weighted by Gasteiger charge is -2.06. The van der Waals surface area contributed by atoms with Crippen LogP contribution in [-0.4, -0.2) is 27.3 Å². The van der Waals surface area contributed by atoms with Crippen LogP contribution < -0.4 is 25.1 Å². The molecule has 31 heavy (non-hydrogen) atoms. The van der Waals surface area contributed by atoms with Crippen LogP contribution in [0.15, 0.2) is 78.0 Å². The number of sulfonamides is 1. The Labute approximate surface area is 179 Å². The number of primary sulfonamides is 1. The summed E-state index contributed by atoms with van der Waals surface area (Å²) in [7, 11) is -2.24. The molecule has 0 aliphatic heterocycles. The molecule has 0 aliphatic carbocycles. The minimum Gasteiger partial charge on any atom is -0.497 e. The van der Waals surface area contributed by atoms with E-state index in [4.69, 9.17) is 9.88 Å². The summed E-state index contributed by atoms with van der Waals surface area (Å²) in [4.78, 5) is 24.8. The highest BCUT2D eigenvalue weighted by Crippen LogP contribution is 2.16. The number of nitrogens with one attached hydrogen (secondary N) is 2. The van der Waals surface area contributed by atoms with E-state index in [-0.39, 0.29) is 23.3 Å². The summed E-state index contributed by atoms with van der Waals surface area (Å²) in [5.41, 5.74) is 1.41. The van der Waals surface area contributed by atoms with E-state index in [1.54, 1.807) is 60.5 Å². The lowest BCUT2D eigenvalue weighted by atomic mass is 10.2. The summed E-state index contributed by atoms with van der Waals surface area (Å²) in [5, 5.41) is 10.5. The van der Waals surface area contributed by atoms with Gasteiger partial charge in [0, 0.05) is 17.4 Å². The predicted octanol–water partition coefficient (Wildman–Crippen LogP) is 1.52. The number of hydrogen-bond donors (Lipinski definition) is 3. The Kier molecular flexibility index (Phi) is 6.63. The molecule has 0 unspecified atom stereocenters. The summed E-state index contributed by atoms with van der Waals surface area (Å²) < 4.78 is 29.2. The van der Waals surface area contributed by atoms with Gasteiger partial charge in [-0.05, 0) is 54.6 Å². The fourth-order valence-electron chi connectivity index (χ4n) is 2.73. The largest absolute Gasteiger partial charge is 0.497 e. The van der Waals surface area contributed by atoms with E-state index in [0.29, 0.717) is 22.7 Å². The zero-order valence-corrected chi connectivity index (χ0v) is 17.4. The molecule has 0 saturated carbocycles. The first-order valence-electron chi connectivity index (χ1n) is 9.12. The van der Waals surface area contributed by atoms with Crippen molar-refractivity contribution in [2.24, 2.45) is 5.14 Å². The molecule has 160 valence electrons. The standard InChI is InChI=1S/C21H20N4O5S/c1-30-18-8-4-17(5-9-18)24-21(27)15-3-2-12-25(13-15)14-20(26)23-16-6-10-19(11-7-16)31(22,28)29/h2-13H,14H2,1H3,(H3-,22,23,24,26,27,28,29)/p+1. The molecule has 2 aromatic carbocycles. The number of benzene rings is 2. The highest BCUT2D eigenvalue weighted by atomic mass is 32.2. The summed E-state index contributed by atoms with van der Waals surface area (Å²) in [6.07, 6.45) is 3.22. The number of methoxy groups -OCH3 is 1. The lowest BCUT2D eigenvalue weighted by Crippen LogP contribution is -2.40. The van der Waals surface area contributed by atoms with E-state index in [9.17, 15) is 18.0 Å². The van der Waals surface area contributed by atoms with Crippen molar-refractivity contribution in [1.29, 1.82) is 0 Å². The molecule has 0 spiro atoms. The van der Waals surface area contributed by atoms with Crippen LogP contribution in [-0.2, 0) is 21.4 Å². The number of carbonyl (C=O) groups is 2. The maximum Gasteiger partial charge on any atom is 0.290 e. The van der Waals surface area contributed by atoms with E-state index >= 15 is 0 Å². The van der Waals surface area contributed by atoms with Crippen LogP contribution in [0.3, 0.4) is 0 Å². The molecule has 9 nitrogen and oxygen atoms in total. The van der Waals surface area contributed by atoms with Gasteiger partial charge in [0.2, 0.25) is 16.6 Å². The van der Waals surface area contributed by atoms with Crippen molar-refractivity contribution < 1.29 is 27.3 Å². The van der Waals surface area contributed by atoms with E-state index in [2.05, 4.69) is 10.6 Å². The van der Waals surface area contributed by atoms with Crippen molar-refractivity contribution in [3.63, 3.8) is 0 Å². The van der Waals surface area contributed by atoms with Crippen LogP contribution in [0.25, 0.3) is 0 Å². The minimum atomic E-state index is -3.80.